The fraction of sp³-hybridized carbons (Fsp3) is 0.233. The van der Waals surface area contributed by atoms with Crippen molar-refractivity contribution in [3.05, 3.63) is 84.3 Å². The lowest BCUT2D eigenvalue weighted by molar-refractivity contribution is 0.0746. The van der Waals surface area contributed by atoms with E-state index in [0.29, 0.717) is 18.7 Å². The molecule has 0 atom stereocenters. The maximum Gasteiger partial charge on any atom is 0.255 e. The number of benzene rings is 2. The van der Waals surface area contributed by atoms with E-state index in [0.717, 1.165) is 57.4 Å². The van der Waals surface area contributed by atoms with Crippen molar-refractivity contribution in [3.8, 4) is 17.3 Å². The third kappa shape index (κ3) is 4.12. The lowest BCUT2D eigenvalue weighted by atomic mass is 9.86. The number of carbonyl (C=O) groups excluding carboxylic acids is 1. The van der Waals surface area contributed by atoms with E-state index in [1.165, 1.54) is 0 Å². The molecule has 1 saturated heterocycles. The van der Waals surface area contributed by atoms with Crippen molar-refractivity contribution >= 4 is 33.4 Å². The van der Waals surface area contributed by atoms with Crippen LogP contribution in [0.3, 0.4) is 0 Å². The minimum absolute atomic E-state index is 0.0226. The maximum atomic E-state index is 12.8. The van der Waals surface area contributed by atoms with E-state index in [1.54, 1.807) is 18.5 Å². The Kier molecular flexibility index (Phi) is 5.76. The molecule has 6 rings (SSSR count). The number of aromatic nitrogens is 4. The summed E-state index contributed by atoms with van der Waals surface area (Å²) in [5.41, 5.74) is 5.75. The van der Waals surface area contributed by atoms with E-state index in [9.17, 15) is 10.1 Å². The number of H-pyrrole nitrogens is 1. The molecule has 0 saturated carbocycles. The molecule has 1 aliphatic heterocycles. The summed E-state index contributed by atoms with van der Waals surface area (Å²) < 4.78 is 0. The molecule has 1 aliphatic rings. The molecule has 0 spiro atoms. The van der Waals surface area contributed by atoms with Crippen LogP contribution in [0.5, 0.6) is 0 Å². The molecule has 38 heavy (non-hydrogen) atoms. The molecule has 8 nitrogen and oxygen atoms in total. The van der Waals surface area contributed by atoms with Crippen LogP contribution in [0, 0.1) is 11.3 Å². The molecule has 3 aromatic heterocycles. The summed E-state index contributed by atoms with van der Waals surface area (Å²) in [6.07, 6.45) is 5.12. The average Bonchev–Trinajstić information content (AvgIpc) is 3.42. The van der Waals surface area contributed by atoms with Gasteiger partial charge < -0.3 is 9.80 Å². The van der Waals surface area contributed by atoms with Crippen LogP contribution >= 0.6 is 0 Å². The summed E-state index contributed by atoms with van der Waals surface area (Å²) in [5.74, 6) is 0.0226. The lowest BCUT2D eigenvalue weighted by Crippen LogP contribution is -2.48. The van der Waals surface area contributed by atoms with Gasteiger partial charge in [-0.2, -0.15) is 10.4 Å². The van der Waals surface area contributed by atoms with E-state index in [-0.39, 0.29) is 5.91 Å². The molecule has 0 aliphatic carbocycles. The zero-order chi connectivity index (χ0) is 26.3. The maximum absolute atomic E-state index is 12.8. The number of amides is 1. The molecule has 188 valence electrons. The first-order valence-corrected chi connectivity index (χ1v) is 12.7. The van der Waals surface area contributed by atoms with Crippen molar-refractivity contribution in [2.24, 2.45) is 0 Å². The number of nitrogens with zero attached hydrogens (tertiary/aromatic N) is 6. The number of carbonyl (C=O) groups is 1. The molecule has 1 N–H and O–H groups in total. The largest absolute Gasteiger partial charge is 0.368 e. The van der Waals surface area contributed by atoms with E-state index >= 15 is 0 Å². The van der Waals surface area contributed by atoms with Crippen LogP contribution in [0.1, 0.15) is 29.8 Å². The number of aromatic amines is 1. The molecule has 8 heteroatoms. The van der Waals surface area contributed by atoms with E-state index in [4.69, 9.17) is 0 Å². The average molecular weight is 502 g/mol. The number of hydrogen-bond donors (Lipinski definition) is 1. The van der Waals surface area contributed by atoms with Crippen molar-refractivity contribution in [3.63, 3.8) is 0 Å². The highest BCUT2D eigenvalue weighted by Crippen LogP contribution is 2.35. The summed E-state index contributed by atoms with van der Waals surface area (Å²) in [7, 11) is 0. The fourth-order valence-electron chi connectivity index (χ4n) is 5.05. The second kappa shape index (κ2) is 9.27. The highest BCUT2D eigenvalue weighted by atomic mass is 16.2. The minimum atomic E-state index is -0.551. The van der Waals surface area contributed by atoms with Crippen LogP contribution in [0.15, 0.2) is 73.2 Å². The molecular formula is C30H27N7O. The molecule has 2 aromatic carbocycles. The molecule has 1 fully saturated rings. The van der Waals surface area contributed by atoms with Gasteiger partial charge in [-0.15, -0.1) is 0 Å². The molecular weight excluding hydrogens is 474 g/mol. The van der Waals surface area contributed by atoms with Crippen molar-refractivity contribution in [1.82, 2.24) is 25.1 Å². The first kappa shape index (κ1) is 23.6. The van der Waals surface area contributed by atoms with Gasteiger partial charge in [-0.3, -0.25) is 19.9 Å². The normalized spacial score (nSPS) is 14.1. The van der Waals surface area contributed by atoms with Gasteiger partial charge in [0.15, 0.2) is 0 Å². The molecule has 1 amide bonds. The van der Waals surface area contributed by atoms with Gasteiger partial charge >= 0.3 is 0 Å². The second-order valence-electron chi connectivity index (χ2n) is 10.2. The third-order valence-corrected chi connectivity index (χ3v) is 7.38. The lowest BCUT2D eigenvalue weighted by Gasteiger charge is -2.36. The standard InChI is InChI=1S/C30H27N7O/c1-30(2,19-31)22-7-5-20(6-8-22)28-27-24-16-23(9-10-25(24)33-18-26(27)34-35-28)36-12-14-37(15-13-36)29(38)21-4-3-11-32-17-21/h3-11,16-18H,12-15H2,1-2H3,(H,34,35). The summed E-state index contributed by atoms with van der Waals surface area (Å²) in [5, 5.41) is 19.3. The van der Waals surface area contributed by atoms with Crippen molar-refractivity contribution in [2.45, 2.75) is 19.3 Å². The van der Waals surface area contributed by atoms with Gasteiger partial charge in [-0.1, -0.05) is 24.3 Å². The number of fused-ring (bicyclic) bond motifs is 3. The minimum Gasteiger partial charge on any atom is -0.368 e. The third-order valence-electron chi connectivity index (χ3n) is 7.38. The van der Waals surface area contributed by atoms with E-state index in [2.05, 4.69) is 43.3 Å². The summed E-state index contributed by atoms with van der Waals surface area (Å²) in [4.78, 5) is 25.8. The molecule has 0 unspecified atom stereocenters. The van der Waals surface area contributed by atoms with Gasteiger partial charge in [0.25, 0.3) is 5.91 Å². The highest BCUT2D eigenvalue weighted by Gasteiger charge is 2.24. The van der Waals surface area contributed by atoms with Gasteiger partial charge in [0, 0.05) is 60.6 Å². The number of rotatable bonds is 4. The smallest absolute Gasteiger partial charge is 0.255 e. The van der Waals surface area contributed by atoms with Gasteiger partial charge in [0.05, 0.1) is 34.3 Å². The molecule has 0 radical (unpaired) electrons. The summed E-state index contributed by atoms with van der Waals surface area (Å²) in [6, 6.07) is 20.3. The SMILES string of the molecule is CC(C)(C#N)c1ccc(-c2n[nH]c3cnc4ccc(N5CCN(C(=O)c6cccnc6)CC5)cc4c23)cc1. The van der Waals surface area contributed by atoms with Gasteiger partial charge in [0.2, 0.25) is 0 Å². The quantitative estimate of drug-likeness (QED) is 0.374. The Bertz CT molecular complexity index is 1680. The Morgan fingerprint density at radius 2 is 1.82 bits per heavy atom. The van der Waals surface area contributed by atoms with Crippen molar-refractivity contribution in [1.29, 1.82) is 5.26 Å². The zero-order valence-corrected chi connectivity index (χ0v) is 21.3. The predicted octanol–water partition coefficient (Wildman–Crippen LogP) is 4.94. The van der Waals surface area contributed by atoms with E-state index < -0.39 is 5.41 Å². The molecule has 4 heterocycles. The Morgan fingerprint density at radius 1 is 1.03 bits per heavy atom. The fourth-order valence-corrected chi connectivity index (χ4v) is 5.05. The van der Waals surface area contributed by atoms with Gasteiger partial charge in [0.1, 0.15) is 5.69 Å². The van der Waals surface area contributed by atoms with Crippen LogP contribution in [-0.4, -0.2) is 57.2 Å². The summed E-state index contributed by atoms with van der Waals surface area (Å²) in [6.45, 7) is 6.63. The Labute approximate surface area is 220 Å². The van der Waals surface area contributed by atoms with Crippen LogP contribution in [0.25, 0.3) is 33.1 Å². The Hall–Kier alpha value is -4.77. The van der Waals surface area contributed by atoms with Crippen molar-refractivity contribution in [2.75, 3.05) is 31.1 Å². The number of pyridine rings is 2. The number of anilines is 1. The monoisotopic (exact) mass is 501 g/mol. The number of nitrogens with one attached hydrogen (secondary N) is 1. The molecule has 0 bridgehead atoms. The van der Waals surface area contributed by atoms with Crippen LogP contribution in [0.4, 0.5) is 5.69 Å². The summed E-state index contributed by atoms with van der Waals surface area (Å²) >= 11 is 0. The second-order valence-corrected chi connectivity index (χ2v) is 10.2. The zero-order valence-electron chi connectivity index (χ0n) is 21.3. The topological polar surface area (TPSA) is 102 Å². The van der Waals surface area contributed by atoms with Gasteiger partial charge in [-0.05, 0) is 49.7 Å². The van der Waals surface area contributed by atoms with E-state index in [1.807, 2.05) is 61.3 Å². The van der Waals surface area contributed by atoms with Gasteiger partial charge in [-0.25, -0.2) is 0 Å². The van der Waals surface area contributed by atoms with Crippen molar-refractivity contribution < 1.29 is 4.79 Å². The van der Waals surface area contributed by atoms with Crippen LogP contribution in [0.2, 0.25) is 0 Å². The highest BCUT2D eigenvalue weighted by molar-refractivity contribution is 6.11. The number of nitriles is 1. The Balaban J connectivity index is 1.30. The van der Waals surface area contributed by atoms with Crippen LogP contribution < -0.4 is 4.90 Å². The molecule has 5 aromatic rings. The van der Waals surface area contributed by atoms with Crippen LogP contribution in [-0.2, 0) is 5.41 Å². The first-order chi connectivity index (χ1) is 18.4. The number of piperazine rings is 1. The first-order valence-electron chi connectivity index (χ1n) is 12.7. The number of hydrogen-bond acceptors (Lipinski definition) is 6. The Morgan fingerprint density at radius 3 is 2.53 bits per heavy atom. The predicted molar refractivity (Wildman–Crippen MR) is 148 cm³/mol.